The van der Waals surface area contributed by atoms with Gasteiger partial charge < -0.3 is 19.5 Å². The molecule has 1 aromatic carbocycles. The smallest absolute Gasteiger partial charge is 0.339 e. The molecule has 2 rings (SSSR count). The number of esters is 1. The lowest BCUT2D eigenvalue weighted by Crippen LogP contribution is -2.29. The molecule has 0 aromatic heterocycles. The first kappa shape index (κ1) is 12.0. The fourth-order valence-corrected chi connectivity index (χ4v) is 2.16. The Morgan fingerprint density at radius 2 is 2.35 bits per heavy atom. The summed E-state index contributed by atoms with van der Waals surface area (Å²) in [6.45, 7) is 1.20. The van der Waals surface area contributed by atoms with Gasteiger partial charge in [0.25, 0.3) is 0 Å². The Balaban J connectivity index is 2.61. The highest BCUT2D eigenvalue weighted by Crippen LogP contribution is 2.45. The van der Waals surface area contributed by atoms with E-state index in [0.29, 0.717) is 29.1 Å². The van der Waals surface area contributed by atoms with Crippen LogP contribution in [0.3, 0.4) is 0 Å². The lowest BCUT2D eigenvalue weighted by atomic mass is 10.1. The lowest BCUT2D eigenvalue weighted by Gasteiger charge is -2.29. The number of aromatic hydroxyl groups is 1. The van der Waals surface area contributed by atoms with E-state index in [1.54, 1.807) is 6.07 Å². The number of ether oxygens (including phenoxy) is 2. The van der Waals surface area contributed by atoms with Gasteiger partial charge >= 0.3 is 5.97 Å². The van der Waals surface area contributed by atoms with Gasteiger partial charge in [0.05, 0.1) is 29.4 Å². The Kier molecular flexibility index (Phi) is 3.15. The summed E-state index contributed by atoms with van der Waals surface area (Å²) >= 11 is 3.17. The minimum Gasteiger partial charge on any atom is -0.503 e. The van der Waals surface area contributed by atoms with Gasteiger partial charge in [-0.25, -0.2) is 4.79 Å². The van der Waals surface area contributed by atoms with Crippen molar-refractivity contribution in [2.24, 2.45) is 0 Å². The van der Waals surface area contributed by atoms with Crippen LogP contribution in [0.5, 0.6) is 11.5 Å². The highest BCUT2D eigenvalue weighted by Gasteiger charge is 2.25. The first-order chi connectivity index (χ1) is 8.06. The van der Waals surface area contributed by atoms with E-state index in [-0.39, 0.29) is 11.3 Å². The zero-order chi connectivity index (χ0) is 12.6. The maximum Gasteiger partial charge on any atom is 0.339 e. The first-order valence-electron chi connectivity index (χ1n) is 5.04. The van der Waals surface area contributed by atoms with Gasteiger partial charge in [0, 0.05) is 7.05 Å². The Hall–Kier alpha value is -1.43. The van der Waals surface area contributed by atoms with Crippen molar-refractivity contribution in [2.45, 2.75) is 0 Å². The summed E-state index contributed by atoms with van der Waals surface area (Å²) in [7, 11) is 3.17. The summed E-state index contributed by atoms with van der Waals surface area (Å²) in [5.41, 5.74) is 0.957. The molecule has 5 nitrogen and oxygen atoms in total. The van der Waals surface area contributed by atoms with Crippen LogP contribution in [0.2, 0.25) is 0 Å². The average Bonchev–Trinajstić information content (AvgIpc) is 2.33. The van der Waals surface area contributed by atoms with Crippen LogP contribution in [0.25, 0.3) is 0 Å². The topological polar surface area (TPSA) is 59.0 Å². The maximum absolute atomic E-state index is 11.6. The first-order valence-corrected chi connectivity index (χ1v) is 5.83. The van der Waals surface area contributed by atoms with E-state index in [1.807, 2.05) is 11.9 Å². The number of phenols is 1. The van der Waals surface area contributed by atoms with Crippen LogP contribution in [0.15, 0.2) is 10.5 Å². The quantitative estimate of drug-likeness (QED) is 0.801. The Bertz CT molecular complexity index is 475. The molecule has 0 fully saturated rings. The third kappa shape index (κ3) is 1.93. The molecular weight excluding hydrogens is 290 g/mol. The molecule has 0 bridgehead atoms. The van der Waals surface area contributed by atoms with Crippen molar-refractivity contribution in [1.29, 1.82) is 0 Å². The molecular formula is C11H12BrNO4. The van der Waals surface area contributed by atoms with Crippen molar-refractivity contribution < 1.29 is 19.4 Å². The highest BCUT2D eigenvalue weighted by molar-refractivity contribution is 9.10. The summed E-state index contributed by atoms with van der Waals surface area (Å²) in [4.78, 5) is 13.5. The molecule has 1 heterocycles. The number of anilines is 1. The van der Waals surface area contributed by atoms with Gasteiger partial charge in [0.1, 0.15) is 6.61 Å². The Morgan fingerprint density at radius 3 is 3.00 bits per heavy atom. The molecule has 6 heteroatoms. The number of likely N-dealkylation sites (N-methyl/N-ethyl adjacent to an activating group) is 1. The molecule has 1 aromatic rings. The molecule has 0 spiro atoms. The van der Waals surface area contributed by atoms with Gasteiger partial charge in [-0.3, -0.25) is 0 Å². The van der Waals surface area contributed by atoms with E-state index >= 15 is 0 Å². The van der Waals surface area contributed by atoms with Gasteiger partial charge in [-0.05, 0) is 22.0 Å². The number of nitrogens with zero attached hydrogens (tertiary/aromatic N) is 1. The van der Waals surface area contributed by atoms with Crippen LogP contribution < -0.4 is 9.64 Å². The minimum atomic E-state index is -0.506. The van der Waals surface area contributed by atoms with Crippen molar-refractivity contribution in [3.05, 3.63) is 16.1 Å². The van der Waals surface area contributed by atoms with Crippen LogP contribution in [-0.4, -0.2) is 38.4 Å². The van der Waals surface area contributed by atoms with Gasteiger partial charge in [-0.1, -0.05) is 0 Å². The monoisotopic (exact) mass is 301 g/mol. The molecule has 0 atom stereocenters. The Morgan fingerprint density at radius 1 is 1.65 bits per heavy atom. The number of hydrogen-bond acceptors (Lipinski definition) is 5. The molecule has 1 N–H and O–H groups in total. The third-order valence-corrected chi connectivity index (χ3v) is 3.47. The minimum absolute atomic E-state index is 0.0746. The largest absolute Gasteiger partial charge is 0.503 e. The Labute approximate surface area is 107 Å². The SMILES string of the molecule is COC(=O)c1cc2c(c(O)c1Br)OCCN2C. The summed E-state index contributed by atoms with van der Waals surface area (Å²) in [6, 6.07) is 1.64. The molecule has 1 aliphatic rings. The molecule has 0 radical (unpaired) electrons. The third-order valence-electron chi connectivity index (χ3n) is 2.66. The van der Waals surface area contributed by atoms with Crippen LogP contribution in [0.1, 0.15) is 10.4 Å². The summed E-state index contributed by atoms with van der Waals surface area (Å²) in [5.74, 6) is -0.193. The van der Waals surface area contributed by atoms with Crippen molar-refractivity contribution in [3.8, 4) is 11.5 Å². The lowest BCUT2D eigenvalue weighted by molar-refractivity contribution is 0.0599. The van der Waals surface area contributed by atoms with Crippen LogP contribution in [-0.2, 0) is 4.74 Å². The molecule has 17 heavy (non-hydrogen) atoms. The second kappa shape index (κ2) is 4.44. The van der Waals surface area contributed by atoms with Crippen molar-refractivity contribution >= 4 is 27.6 Å². The number of carbonyl (C=O) groups excluding carboxylic acids is 1. The number of halogens is 1. The molecule has 92 valence electrons. The zero-order valence-electron chi connectivity index (χ0n) is 9.49. The second-order valence-electron chi connectivity index (χ2n) is 3.70. The van der Waals surface area contributed by atoms with E-state index < -0.39 is 5.97 Å². The molecule has 0 saturated heterocycles. The van der Waals surface area contributed by atoms with Crippen LogP contribution >= 0.6 is 15.9 Å². The van der Waals surface area contributed by atoms with E-state index in [9.17, 15) is 9.90 Å². The average molecular weight is 302 g/mol. The molecule has 0 saturated carbocycles. The van der Waals surface area contributed by atoms with E-state index in [4.69, 9.17) is 4.74 Å². The number of rotatable bonds is 1. The summed E-state index contributed by atoms with van der Waals surface area (Å²) in [6.07, 6.45) is 0. The van der Waals surface area contributed by atoms with Crippen molar-refractivity contribution in [3.63, 3.8) is 0 Å². The number of hydrogen-bond donors (Lipinski definition) is 1. The highest BCUT2D eigenvalue weighted by atomic mass is 79.9. The van der Waals surface area contributed by atoms with Gasteiger partial charge in [-0.2, -0.15) is 0 Å². The number of methoxy groups -OCH3 is 1. The predicted octanol–water partition coefficient (Wildman–Crippen LogP) is 1.77. The predicted molar refractivity (Wildman–Crippen MR) is 65.9 cm³/mol. The van der Waals surface area contributed by atoms with Gasteiger partial charge in [-0.15, -0.1) is 0 Å². The number of carbonyl (C=O) groups is 1. The standard InChI is InChI=1S/C11H12BrNO4/c1-13-3-4-17-10-7(13)5-6(11(15)16-2)8(12)9(10)14/h5,14H,3-4H2,1-2H3. The number of benzene rings is 1. The number of fused-ring (bicyclic) bond motifs is 1. The normalized spacial score (nSPS) is 13.9. The summed E-state index contributed by atoms with van der Waals surface area (Å²) in [5, 5.41) is 9.98. The van der Waals surface area contributed by atoms with E-state index in [0.717, 1.165) is 0 Å². The molecule has 1 aliphatic heterocycles. The van der Waals surface area contributed by atoms with E-state index in [1.165, 1.54) is 7.11 Å². The van der Waals surface area contributed by atoms with Gasteiger partial charge in [0.15, 0.2) is 11.5 Å². The summed E-state index contributed by atoms with van der Waals surface area (Å²) < 4.78 is 10.3. The van der Waals surface area contributed by atoms with Crippen molar-refractivity contribution in [2.75, 3.05) is 32.2 Å². The number of phenolic OH excluding ortho intramolecular Hbond substituents is 1. The fourth-order valence-electron chi connectivity index (χ4n) is 1.70. The molecule has 0 aliphatic carbocycles. The second-order valence-corrected chi connectivity index (χ2v) is 4.49. The zero-order valence-corrected chi connectivity index (χ0v) is 11.1. The van der Waals surface area contributed by atoms with E-state index in [2.05, 4.69) is 20.7 Å². The maximum atomic E-state index is 11.6. The van der Waals surface area contributed by atoms with Crippen LogP contribution in [0, 0.1) is 0 Å². The fraction of sp³-hybridized carbons (Fsp3) is 0.364. The molecule has 0 amide bonds. The van der Waals surface area contributed by atoms with Crippen molar-refractivity contribution in [1.82, 2.24) is 0 Å². The molecule has 0 unspecified atom stereocenters. The van der Waals surface area contributed by atoms with Crippen LogP contribution in [0.4, 0.5) is 5.69 Å². The van der Waals surface area contributed by atoms with Gasteiger partial charge in [0.2, 0.25) is 0 Å².